The van der Waals surface area contributed by atoms with Gasteiger partial charge in [0.25, 0.3) is 0 Å². The van der Waals surface area contributed by atoms with Crippen LogP contribution in [-0.4, -0.2) is 19.6 Å². The third kappa shape index (κ3) is 2.43. The highest BCUT2D eigenvalue weighted by Crippen LogP contribution is 2.25. The van der Waals surface area contributed by atoms with Crippen LogP contribution in [0.2, 0.25) is 0 Å². The molecule has 0 amide bonds. The number of aliphatic hydroxyl groups is 1. The Balaban J connectivity index is 2.22. The first kappa shape index (κ1) is 11.2. The number of pyridine rings is 1. The molecule has 5 heteroatoms. The van der Waals surface area contributed by atoms with Crippen LogP contribution in [0.5, 0.6) is 0 Å². The average Bonchev–Trinajstić information content (AvgIpc) is 2.65. The van der Waals surface area contributed by atoms with Gasteiger partial charge in [-0.3, -0.25) is 0 Å². The van der Waals surface area contributed by atoms with Gasteiger partial charge in [0.05, 0.1) is 6.10 Å². The van der Waals surface area contributed by atoms with E-state index in [1.165, 1.54) is 11.8 Å². The second-order valence-electron chi connectivity index (χ2n) is 3.53. The van der Waals surface area contributed by atoms with E-state index in [0.717, 1.165) is 15.7 Å². The summed E-state index contributed by atoms with van der Waals surface area (Å²) in [5.41, 5.74) is 0.867. The molecule has 4 nitrogen and oxygen atoms in total. The Morgan fingerprint density at radius 2 is 2.19 bits per heavy atom. The number of rotatable bonds is 3. The molecule has 0 saturated carbocycles. The topological polar surface area (TPSA) is 50.9 Å². The van der Waals surface area contributed by atoms with Crippen LogP contribution >= 0.6 is 11.8 Å². The van der Waals surface area contributed by atoms with Crippen molar-refractivity contribution < 1.29 is 5.11 Å². The van der Waals surface area contributed by atoms with Crippen LogP contribution in [0.3, 0.4) is 0 Å². The molecule has 0 aliphatic heterocycles. The highest BCUT2D eigenvalue weighted by atomic mass is 32.2. The van der Waals surface area contributed by atoms with Gasteiger partial charge in [-0.2, -0.15) is 0 Å². The second kappa shape index (κ2) is 4.67. The van der Waals surface area contributed by atoms with Crippen molar-refractivity contribution in [1.29, 1.82) is 0 Å². The van der Waals surface area contributed by atoms with E-state index in [2.05, 4.69) is 9.97 Å². The number of aryl methyl sites for hydroxylation is 1. The van der Waals surface area contributed by atoms with E-state index in [-0.39, 0.29) is 0 Å². The van der Waals surface area contributed by atoms with Crippen molar-refractivity contribution >= 4 is 11.8 Å². The summed E-state index contributed by atoms with van der Waals surface area (Å²) >= 11 is 1.48. The van der Waals surface area contributed by atoms with Crippen molar-refractivity contribution in [2.75, 3.05) is 0 Å². The van der Waals surface area contributed by atoms with Crippen LogP contribution < -0.4 is 0 Å². The number of imidazole rings is 1. The van der Waals surface area contributed by atoms with Gasteiger partial charge in [-0.15, -0.1) is 0 Å². The number of aliphatic hydroxyl groups excluding tert-OH is 1. The predicted octanol–water partition coefficient (Wildman–Crippen LogP) is 2.02. The Morgan fingerprint density at radius 3 is 2.81 bits per heavy atom. The molecule has 2 heterocycles. The Morgan fingerprint density at radius 1 is 1.38 bits per heavy atom. The number of nitrogens with zero attached hydrogens (tertiary/aromatic N) is 3. The maximum atomic E-state index is 9.47. The Hall–Kier alpha value is -1.33. The summed E-state index contributed by atoms with van der Waals surface area (Å²) in [6.07, 6.45) is 4.87. The molecule has 0 fully saturated rings. The zero-order chi connectivity index (χ0) is 11.5. The predicted molar refractivity (Wildman–Crippen MR) is 62.2 cm³/mol. The second-order valence-corrected chi connectivity index (χ2v) is 4.51. The molecule has 0 saturated heterocycles. The van der Waals surface area contributed by atoms with Crippen LogP contribution in [0.15, 0.2) is 40.9 Å². The van der Waals surface area contributed by atoms with E-state index in [9.17, 15) is 5.11 Å². The quantitative estimate of drug-likeness (QED) is 0.884. The normalized spacial score (nSPS) is 12.7. The van der Waals surface area contributed by atoms with Gasteiger partial charge in [-0.25, -0.2) is 9.97 Å². The standard InChI is InChI=1S/C11H13N3OS/c1-8(15)9-3-4-12-10(7-9)16-11-13-5-6-14(11)2/h3-8,15H,1-2H3/t8-/m0/s1. The Kier molecular flexibility index (Phi) is 3.26. The molecule has 1 atom stereocenters. The first-order chi connectivity index (χ1) is 7.66. The molecule has 0 aliphatic rings. The highest BCUT2D eigenvalue weighted by Gasteiger charge is 2.06. The molecule has 16 heavy (non-hydrogen) atoms. The van der Waals surface area contributed by atoms with Crippen LogP contribution in [0.1, 0.15) is 18.6 Å². The smallest absolute Gasteiger partial charge is 0.174 e. The third-order valence-corrected chi connectivity index (χ3v) is 3.22. The average molecular weight is 235 g/mol. The monoisotopic (exact) mass is 235 g/mol. The summed E-state index contributed by atoms with van der Waals surface area (Å²) in [7, 11) is 1.94. The molecule has 0 unspecified atom stereocenters. The summed E-state index contributed by atoms with van der Waals surface area (Å²) in [6.45, 7) is 1.74. The maximum absolute atomic E-state index is 9.47. The van der Waals surface area contributed by atoms with E-state index >= 15 is 0 Å². The number of aromatic nitrogens is 3. The lowest BCUT2D eigenvalue weighted by Crippen LogP contribution is -1.94. The van der Waals surface area contributed by atoms with Gasteiger partial charge >= 0.3 is 0 Å². The van der Waals surface area contributed by atoms with Crippen molar-refractivity contribution in [3.63, 3.8) is 0 Å². The van der Waals surface area contributed by atoms with Crippen LogP contribution in [0.25, 0.3) is 0 Å². The van der Waals surface area contributed by atoms with Crippen LogP contribution in [0, 0.1) is 0 Å². The van der Waals surface area contributed by atoms with Crippen molar-refractivity contribution in [2.24, 2.45) is 7.05 Å². The van der Waals surface area contributed by atoms with Crippen molar-refractivity contribution in [1.82, 2.24) is 14.5 Å². The number of hydrogen-bond acceptors (Lipinski definition) is 4. The molecule has 0 spiro atoms. The van der Waals surface area contributed by atoms with Gasteiger partial charge in [0.15, 0.2) is 5.16 Å². The van der Waals surface area contributed by atoms with E-state index in [0.29, 0.717) is 0 Å². The fourth-order valence-electron chi connectivity index (χ4n) is 1.28. The van der Waals surface area contributed by atoms with E-state index < -0.39 is 6.10 Å². The highest BCUT2D eigenvalue weighted by molar-refractivity contribution is 7.99. The zero-order valence-electron chi connectivity index (χ0n) is 9.16. The summed E-state index contributed by atoms with van der Waals surface area (Å²) in [5.74, 6) is 0. The maximum Gasteiger partial charge on any atom is 0.174 e. The fourth-order valence-corrected chi connectivity index (χ4v) is 2.10. The van der Waals surface area contributed by atoms with Gasteiger partial charge in [0.2, 0.25) is 0 Å². The Labute approximate surface area is 98.4 Å². The van der Waals surface area contributed by atoms with Crippen molar-refractivity contribution in [2.45, 2.75) is 23.2 Å². The summed E-state index contributed by atoms with van der Waals surface area (Å²) < 4.78 is 1.93. The molecule has 2 rings (SSSR count). The van der Waals surface area contributed by atoms with Gasteiger partial charge in [0, 0.05) is 25.6 Å². The van der Waals surface area contributed by atoms with Gasteiger partial charge in [-0.05, 0) is 36.4 Å². The minimum absolute atomic E-state index is 0.469. The summed E-state index contributed by atoms with van der Waals surface area (Å²) in [6, 6.07) is 3.69. The first-order valence-electron chi connectivity index (χ1n) is 4.96. The SMILES string of the molecule is C[C@H](O)c1ccnc(Sc2nccn2C)c1. The lowest BCUT2D eigenvalue weighted by atomic mass is 10.2. The van der Waals surface area contributed by atoms with Gasteiger partial charge in [-0.1, -0.05) is 0 Å². The molecular formula is C11H13N3OS. The molecule has 0 bridgehead atoms. The minimum atomic E-state index is -0.469. The zero-order valence-corrected chi connectivity index (χ0v) is 9.98. The third-order valence-electron chi connectivity index (χ3n) is 2.21. The van der Waals surface area contributed by atoms with E-state index in [4.69, 9.17) is 0 Å². The van der Waals surface area contributed by atoms with E-state index in [1.807, 2.05) is 29.9 Å². The lowest BCUT2D eigenvalue weighted by molar-refractivity contribution is 0.199. The molecule has 84 valence electrons. The molecule has 0 radical (unpaired) electrons. The van der Waals surface area contributed by atoms with Crippen molar-refractivity contribution in [3.8, 4) is 0 Å². The first-order valence-corrected chi connectivity index (χ1v) is 5.77. The summed E-state index contributed by atoms with van der Waals surface area (Å²) in [5, 5.41) is 11.2. The molecule has 2 aromatic rings. The largest absolute Gasteiger partial charge is 0.389 e. The fraction of sp³-hybridized carbons (Fsp3) is 0.273. The summed E-state index contributed by atoms with van der Waals surface area (Å²) in [4.78, 5) is 8.45. The van der Waals surface area contributed by atoms with E-state index in [1.54, 1.807) is 19.3 Å². The number of hydrogen-bond donors (Lipinski definition) is 1. The Bertz CT molecular complexity index is 482. The molecule has 0 aliphatic carbocycles. The van der Waals surface area contributed by atoms with Gasteiger partial charge < -0.3 is 9.67 Å². The minimum Gasteiger partial charge on any atom is -0.389 e. The molecule has 2 aromatic heterocycles. The lowest BCUT2D eigenvalue weighted by Gasteiger charge is -2.06. The van der Waals surface area contributed by atoms with Crippen molar-refractivity contribution in [3.05, 3.63) is 36.3 Å². The molecule has 0 aromatic carbocycles. The molecular weight excluding hydrogens is 222 g/mol. The van der Waals surface area contributed by atoms with Crippen LogP contribution in [0.4, 0.5) is 0 Å². The molecule has 1 N–H and O–H groups in total. The van der Waals surface area contributed by atoms with Crippen LogP contribution in [-0.2, 0) is 7.05 Å². The van der Waals surface area contributed by atoms with Gasteiger partial charge in [0.1, 0.15) is 5.03 Å².